The number of hydrogen-bond donors (Lipinski definition) is 1. The molecule has 0 aliphatic heterocycles. The highest BCUT2D eigenvalue weighted by atomic mass is 16.4. The van der Waals surface area contributed by atoms with E-state index in [-0.39, 0.29) is 11.3 Å². The molecular formula is C7H5NO3-2. The molecule has 0 spiro atoms. The van der Waals surface area contributed by atoms with Crippen LogP contribution in [0, 0.1) is 0 Å². The molecule has 1 aromatic rings. The Bertz CT molecular complexity index is 296. The molecule has 1 rings (SSSR count). The normalized spacial score (nSPS) is 9.45. The van der Waals surface area contributed by atoms with Gasteiger partial charge in [-0.1, -0.05) is 17.9 Å². The average Bonchev–Trinajstić information content (AvgIpc) is 1.94. The van der Waals surface area contributed by atoms with Gasteiger partial charge in [0.2, 0.25) is 0 Å². The summed E-state index contributed by atoms with van der Waals surface area (Å²) in [7, 11) is 0. The van der Waals surface area contributed by atoms with E-state index < -0.39 is 11.7 Å². The SMILES string of the molecule is Nc1ccc(C(=O)[O-])cc1[O-]. The Hall–Kier alpha value is -1.71. The van der Waals surface area contributed by atoms with Crippen LogP contribution in [0.15, 0.2) is 18.2 Å². The maximum atomic E-state index is 10.7. The highest BCUT2D eigenvalue weighted by Crippen LogP contribution is 2.16. The van der Waals surface area contributed by atoms with Gasteiger partial charge in [-0.2, -0.15) is 0 Å². The van der Waals surface area contributed by atoms with Crippen LogP contribution in [0.4, 0.5) is 5.69 Å². The second-order valence-corrected chi connectivity index (χ2v) is 2.04. The third-order valence-corrected chi connectivity index (χ3v) is 1.25. The second-order valence-electron chi connectivity index (χ2n) is 2.04. The number of nitrogens with two attached hydrogens (primary N) is 1. The predicted molar refractivity (Wildman–Crippen MR) is 34.6 cm³/mol. The molecule has 0 aliphatic rings. The lowest BCUT2D eigenvalue weighted by Crippen LogP contribution is -2.22. The van der Waals surface area contributed by atoms with Crippen molar-refractivity contribution >= 4 is 11.7 Å². The molecule has 1 aromatic carbocycles. The Morgan fingerprint density at radius 3 is 2.55 bits per heavy atom. The summed E-state index contributed by atoms with van der Waals surface area (Å²) in [5.74, 6) is -1.87. The lowest BCUT2D eigenvalue weighted by molar-refractivity contribution is -0.268. The number of anilines is 1. The molecule has 4 nitrogen and oxygen atoms in total. The summed E-state index contributed by atoms with van der Waals surface area (Å²) in [4.78, 5) is 10.2. The van der Waals surface area contributed by atoms with Crippen molar-refractivity contribution in [1.82, 2.24) is 0 Å². The van der Waals surface area contributed by atoms with E-state index in [1.807, 2.05) is 0 Å². The van der Waals surface area contributed by atoms with Crippen molar-refractivity contribution in [3.05, 3.63) is 23.8 Å². The van der Waals surface area contributed by atoms with Crippen molar-refractivity contribution < 1.29 is 15.0 Å². The first-order valence-corrected chi connectivity index (χ1v) is 2.89. The van der Waals surface area contributed by atoms with Gasteiger partial charge in [-0.15, -0.1) is 0 Å². The molecule has 0 atom stereocenters. The van der Waals surface area contributed by atoms with E-state index in [0.717, 1.165) is 6.07 Å². The first kappa shape index (κ1) is 7.40. The van der Waals surface area contributed by atoms with Crippen LogP contribution in [0.2, 0.25) is 0 Å². The molecular weight excluding hydrogens is 146 g/mol. The van der Waals surface area contributed by atoms with E-state index >= 15 is 0 Å². The molecule has 0 fully saturated rings. The molecule has 2 N–H and O–H groups in total. The van der Waals surface area contributed by atoms with Gasteiger partial charge in [0.05, 0.1) is 5.97 Å². The zero-order chi connectivity index (χ0) is 8.43. The molecule has 0 saturated carbocycles. The minimum atomic E-state index is -1.37. The number of aromatic carboxylic acids is 1. The molecule has 0 heterocycles. The Balaban J connectivity index is 3.15. The van der Waals surface area contributed by atoms with Gasteiger partial charge in [0.1, 0.15) is 0 Å². The van der Waals surface area contributed by atoms with Crippen LogP contribution in [0.25, 0.3) is 0 Å². The van der Waals surface area contributed by atoms with E-state index in [4.69, 9.17) is 5.73 Å². The molecule has 11 heavy (non-hydrogen) atoms. The number of carbonyl (C=O) groups is 1. The lowest BCUT2D eigenvalue weighted by atomic mass is 10.2. The van der Waals surface area contributed by atoms with Crippen LogP contribution >= 0.6 is 0 Å². The Morgan fingerprint density at radius 2 is 2.09 bits per heavy atom. The smallest absolute Gasteiger partial charge is 0.0715 e. The first-order valence-electron chi connectivity index (χ1n) is 2.89. The molecule has 4 heteroatoms. The zero-order valence-electron chi connectivity index (χ0n) is 5.53. The largest absolute Gasteiger partial charge is 0.871 e. The highest BCUT2D eigenvalue weighted by molar-refractivity contribution is 5.87. The van der Waals surface area contributed by atoms with E-state index in [1.165, 1.54) is 12.1 Å². The maximum absolute atomic E-state index is 10.7. The van der Waals surface area contributed by atoms with Gasteiger partial charge < -0.3 is 20.7 Å². The van der Waals surface area contributed by atoms with Gasteiger partial charge >= 0.3 is 0 Å². The quantitative estimate of drug-likeness (QED) is 0.505. The summed E-state index contributed by atoms with van der Waals surface area (Å²) in [6.45, 7) is 0. The topological polar surface area (TPSA) is 89.2 Å². The summed E-state index contributed by atoms with van der Waals surface area (Å²) < 4.78 is 0. The molecule has 0 aliphatic carbocycles. The number of carboxylic acid groups (broad SMARTS) is 1. The minimum absolute atomic E-state index is 0.0370. The Labute approximate surface area is 62.9 Å². The fraction of sp³-hybridized carbons (Fsp3) is 0. The van der Waals surface area contributed by atoms with Gasteiger partial charge in [0.15, 0.2) is 0 Å². The first-order chi connectivity index (χ1) is 5.11. The van der Waals surface area contributed by atoms with E-state index in [2.05, 4.69) is 0 Å². The fourth-order valence-electron chi connectivity index (χ4n) is 0.661. The zero-order valence-corrected chi connectivity index (χ0v) is 5.53. The summed E-state index contributed by atoms with van der Waals surface area (Å²) >= 11 is 0. The van der Waals surface area contributed by atoms with Crippen LogP contribution in [0.3, 0.4) is 0 Å². The third-order valence-electron chi connectivity index (χ3n) is 1.25. The van der Waals surface area contributed by atoms with Gasteiger partial charge in [-0.3, -0.25) is 0 Å². The van der Waals surface area contributed by atoms with Crippen LogP contribution < -0.4 is 15.9 Å². The minimum Gasteiger partial charge on any atom is -0.871 e. The van der Waals surface area contributed by atoms with E-state index in [1.54, 1.807) is 0 Å². The van der Waals surface area contributed by atoms with Crippen molar-refractivity contribution in [2.45, 2.75) is 0 Å². The van der Waals surface area contributed by atoms with Gasteiger partial charge in [0.25, 0.3) is 0 Å². The van der Waals surface area contributed by atoms with Gasteiger partial charge in [0, 0.05) is 5.69 Å². The van der Waals surface area contributed by atoms with E-state index in [9.17, 15) is 15.0 Å². The molecule has 0 unspecified atom stereocenters. The number of benzene rings is 1. The molecule has 0 bridgehead atoms. The van der Waals surface area contributed by atoms with Crippen molar-refractivity contribution in [3.8, 4) is 5.75 Å². The van der Waals surface area contributed by atoms with Gasteiger partial charge in [-0.05, 0) is 11.6 Å². The summed E-state index contributed by atoms with van der Waals surface area (Å²) in [5, 5.41) is 20.9. The standard InChI is InChI=1S/C7H7NO3/c8-5-2-1-4(7(10)11)3-6(5)9/h1-3,9H,8H2,(H,10,11)/p-2. The van der Waals surface area contributed by atoms with Gasteiger partial charge in [-0.25, -0.2) is 0 Å². The van der Waals surface area contributed by atoms with Crippen LogP contribution in [-0.2, 0) is 0 Å². The number of nitrogen functional groups attached to an aromatic ring is 1. The molecule has 58 valence electrons. The average molecular weight is 151 g/mol. The van der Waals surface area contributed by atoms with Crippen LogP contribution in [0.1, 0.15) is 10.4 Å². The van der Waals surface area contributed by atoms with Crippen molar-refractivity contribution in [1.29, 1.82) is 0 Å². The maximum Gasteiger partial charge on any atom is 0.0715 e. The van der Waals surface area contributed by atoms with Crippen molar-refractivity contribution in [2.75, 3.05) is 5.73 Å². The lowest BCUT2D eigenvalue weighted by Gasteiger charge is -2.11. The van der Waals surface area contributed by atoms with Crippen LogP contribution in [0.5, 0.6) is 5.75 Å². The summed E-state index contributed by atoms with van der Waals surface area (Å²) in [6, 6.07) is 3.41. The molecule has 0 amide bonds. The number of carboxylic acids is 1. The Morgan fingerprint density at radius 1 is 1.45 bits per heavy atom. The van der Waals surface area contributed by atoms with E-state index in [0.29, 0.717) is 0 Å². The third kappa shape index (κ3) is 1.40. The number of hydrogen-bond acceptors (Lipinski definition) is 4. The molecule has 0 saturated heterocycles. The van der Waals surface area contributed by atoms with Crippen molar-refractivity contribution in [3.63, 3.8) is 0 Å². The number of carbonyl (C=O) groups excluding carboxylic acids is 1. The predicted octanol–water partition coefficient (Wildman–Crippen LogP) is -1.29. The van der Waals surface area contributed by atoms with Crippen molar-refractivity contribution in [2.24, 2.45) is 0 Å². The molecule has 0 aromatic heterocycles. The Kier molecular flexibility index (Phi) is 1.68. The summed E-state index contributed by atoms with van der Waals surface area (Å²) in [6.07, 6.45) is 0. The second kappa shape index (κ2) is 2.49. The number of rotatable bonds is 1. The fourth-order valence-corrected chi connectivity index (χ4v) is 0.661. The monoisotopic (exact) mass is 151 g/mol. The molecule has 0 radical (unpaired) electrons. The van der Waals surface area contributed by atoms with Crippen LogP contribution in [-0.4, -0.2) is 5.97 Å². The highest BCUT2D eigenvalue weighted by Gasteiger charge is 1.92. The summed E-state index contributed by atoms with van der Waals surface area (Å²) in [5.41, 5.74) is 5.05.